The lowest BCUT2D eigenvalue weighted by Crippen LogP contribution is -2.42. The Morgan fingerprint density at radius 1 is 1.67 bits per heavy atom. The van der Waals surface area contributed by atoms with Crippen molar-refractivity contribution in [3.05, 3.63) is 18.0 Å². The van der Waals surface area contributed by atoms with Crippen LogP contribution in [-0.4, -0.2) is 21.4 Å². The summed E-state index contributed by atoms with van der Waals surface area (Å²) in [5, 5.41) is 14.6. The lowest BCUT2D eigenvalue weighted by atomic mass is 9.64. The minimum atomic E-state index is -0.496. The maximum Gasteiger partial charge on any atom is 0.105 e. The van der Waals surface area contributed by atoms with Crippen molar-refractivity contribution in [2.75, 3.05) is 6.54 Å². The molecule has 1 atom stereocenters. The molecule has 1 fully saturated rings. The number of aliphatic hydroxyl groups is 1. The first-order valence-corrected chi connectivity index (χ1v) is 5.63. The monoisotopic (exact) mass is 209 g/mol. The van der Waals surface area contributed by atoms with Gasteiger partial charge in [-0.1, -0.05) is 6.42 Å². The summed E-state index contributed by atoms with van der Waals surface area (Å²) in [4.78, 5) is 0. The Bertz CT molecular complexity index is 325. The van der Waals surface area contributed by atoms with Gasteiger partial charge in [-0.25, -0.2) is 0 Å². The number of aromatic nitrogens is 2. The van der Waals surface area contributed by atoms with E-state index in [1.54, 1.807) is 0 Å². The van der Waals surface area contributed by atoms with Gasteiger partial charge in [-0.05, 0) is 25.8 Å². The molecule has 1 heterocycles. The summed E-state index contributed by atoms with van der Waals surface area (Å²) in [7, 11) is 0. The summed E-state index contributed by atoms with van der Waals surface area (Å²) in [6.45, 7) is 3.42. The molecule has 4 nitrogen and oxygen atoms in total. The Morgan fingerprint density at radius 3 is 2.80 bits per heavy atom. The number of hydrogen-bond donors (Lipinski definition) is 2. The molecule has 0 spiro atoms. The quantitative estimate of drug-likeness (QED) is 0.779. The Balaban J connectivity index is 2.15. The molecule has 15 heavy (non-hydrogen) atoms. The van der Waals surface area contributed by atoms with Crippen molar-refractivity contribution < 1.29 is 5.11 Å². The molecule has 2 rings (SSSR count). The van der Waals surface area contributed by atoms with Crippen LogP contribution in [0.3, 0.4) is 0 Å². The van der Waals surface area contributed by atoms with E-state index >= 15 is 0 Å². The van der Waals surface area contributed by atoms with E-state index in [2.05, 4.69) is 5.10 Å². The van der Waals surface area contributed by atoms with E-state index in [1.807, 2.05) is 23.9 Å². The van der Waals surface area contributed by atoms with Gasteiger partial charge in [0.25, 0.3) is 0 Å². The minimum Gasteiger partial charge on any atom is -0.386 e. The summed E-state index contributed by atoms with van der Waals surface area (Å²) >= 11 is 0. The van der Waals surface area contributed by atoms with Crippen molar-refractivity contribution in [3.63, 3.8) is 0 Å². The first-order chi connectivity index (χ1) is 7.22. The molecule has 0 unspecified atom stereocenters. The predicted molar refractivity (Wildman–Crippen MR) is 58.2 cm³/mol. The zero-order valence-corrected chi connectivity index (χ0v) is 9.19. The number of nitrogens with zero attached hydrogens (tertiary/aromatic N) is 2. The van der Waals surface area contributed by atoms with Crippen LogP contribution in [0.15, 0.2) is 12.3 Å². The van der Waals surface area contributed by atoms with Gasteiger partial charge < -0.3 is 10.8 Å². The van der Waals surface area contributed by atoms with Crippen LogP contribution in [0.4, 0.5) is 0 Å². The van der Waals surface area contributed by atoms with Crippen molar-refractivity contribution in [2.45, 2.75) is 38.8 Å². The van der Waals surface area contributed by atoms with E-state index in [1.165, 1.54) is 6.42 Å². The molecular weight excluding hydrogens is 190 g/mol. The van der Waals surface area contributed by atoms with Crippen LogP contribution in [0.1, 0.15) is 38.0 Å². The van der Waals surface area contributed by atoms with Gasteiger partial charge in [0.15, 0.2) is 0 Å². The number of rotatable bonds is 4. The highest BCUT2D eigenvalue weighted by atomic mass is 16.3. The zero-order valence-electron chi connectivity index (χ0n) is 9.19. The van der Waals surface area contributed by atoms with Crippen molar-refractivity contribution in [2.24, 2.45) is 11.1 Å². The molecule has 4 heteroatoms. The van der Waals surface area contributed by atoms with Crippen molar-refractivity contribution in [1.82, 2.24) is 9.78 Å². The topological polar surface area (TPSA) is 64.1 Å². The maximum atomic E-state index is 10.2. The van der Waals surface area contributed by atoms with Crippen LogP contribution >= 0.6 is 0 Å². The fourth-order valence-corrected chi connectivity index (χ4v) is 2.23. The van der Waals surface area contributed by atoms with E-state index in [-0.39, 0.29) is 5.41 Å². The smallest absolute Gasteiger partial charge is 0.105 e. The molecule has 1 aromatic heterocycles. The van der Waals surface area contributed by atoms with E-state index < -0.39 is 6.10 Å². The summed E-state index contributed by atoms with van der Waals surface area (Å²) in [6.07, 6.45) is 4.61. The van der Waals surface area contributed by atoms with Crippen LogP contribution < -0.4 is 5.73 Å². The second-order valence-electron chi connectivity index (χ2n) is 4.42. The fraction of sp³-hybridized carbons (Fsp3) is 0.727. The lowest BCUT2D eigenvalue weighted by Gasteiger charge is -2.44. The highest BCUT2D eigenvalue weighted by Gasteiger charge is 2.43. The largest absolute Gasteiger partial charge is 0.386 e. The number of aliphatic hydroxyl groups excluding tert-OH is 1. The Kier molecular flexibility index (Phi) is 2.80. The molecule has 0 bridgehead atoms. The number of aryl methyl sites for hydroxylation is 1. The minimum absolute atomic E-state index is 0.104. The third kappa shape index (κ3) is 1.68. The van der Waals surface area contributed by atoms with Gasteiger partial charge in [-0.3, -0.25) is 4.68 Å². The number of nitrogens with two attached hydrogens (primary N) is 1. The average Bonchev–Trinajstić information content (AvgIpc) is 2.64. The van der Waals surface area contributed by atoms with Gasteiger partial charge in [-0.15, -0.1) is 0 Å². The molecular formula is C11H19N3O. The van der Waals surface area contributed by atoms with Gasteiger partial charge in [0.2, 0.25) is 0 Å². The highest BCUT2D eigenvalue weighted by Crippen LogP contribution is 2.48. The Morgan fingerprint density at radius 2 is 2.40 bits per heavy atom. The SMILES string of the molecule is CCn1ccc([C@H](O)C2(CN)CCC2)n1. The summed E-state index contributed by atoms with van der Waals surface area (Å²) < 4.78 is 1.83. The van der Waals surface area contributed by atoms with Crippen LogP contribution in [0, 0.1) is 5.41 Å². The number of hydrogen-bond acceptors (Lipinski definition) is 3. The Labute approximate surface area is 90.1 Å². The van der Waals surface area contributed by atoms with Crippen molar-refractivity contribution >= 4 is 0 Å². The van der Waals surface area contributed by atoms with Crippen LogP contribution in [0.2, 0.25) is 0 Å². The van der Waals surface area contributed by atoms with Crippen molar-refractivity contribution in [1.29, 1.82) is 0 Å². The summed E-state index contributed by atoms with van der Waals surface area (Å²) in [5.74, 6) is 0. The predicted octanol–water partition coefficient (Wildman–Crippen LogP) is 1.07. The van der Waals surface area contributed by atoms with Gasteiger partial charge in [0, 0.05) is 24.7 Å². The molecule has 1 saturated carbocycles. The van der Waals surface area contributed by atoms with Crippen molar-refractivity contribution in [3.8, 4) is 0 Å². The second-order valence-corrected chi connectivity index (χ2v) is 4.42. The molecule has 3 N–H and O–H groups in total. The van der Waals surface area contributed by atoms with E-state index in [0.717, 1.165) is 25.1 Å². The van der Waals surface area contributed by atoms with Gasteiger partial charge >= 0.3 is 0 Å². The third-order valence-corrected chi connectivity index (χ3v) is 3.60. The molecule has 0 aliphatic heterocycles. The highest BCUT2D eigenvalue weighted by molar-refractivity contribution is 5.10. The first-order valence-electron chi connectivity index (χ1n) is 5.63. The maximum absolute atomic E-state index is 10.2. The molecule has 84 valence electrons. The van der Waals surface area contributed by atoms with E-state index in [9.17, 15) is 5.11 Å². The molecule has 0 aromatic carbocycles. The second kappa shape index (κ2) is 3.94. The van der Waals surface area contributed by atoms with E-state index in [0.29, 0.717) is 6.54 Å². The molecule has 1 aliphatic carbocycles. The van der Waals surface area contributed by atoms with Crippen LogP contribution in [-0.2, 0) is 6.54 Å². The van der Waals surface area contributed by atoms with E-state index in [4.69, 9.17) is 5.73 Å². The molecule has 1 aromatic rings. The van der Waals surface area contributed by atoms with Crippen LogP contribution in [0.25, 0.3) is 0 Å². The molecule has 0 amide bonds. The lowest BCUT2D eigenvalue weighted by molar-refractivity contribution is -0.0325. The van der Waals surface area contributed by atoms with Crippen LogP contribution in [0.5, 0.6) is 0 Å². The summed E-state index contributed by atoms with van der Waals surface area (Å²) in [6, 6.07) is 1.89. The van der Waals surface area contributed by atoms with Gasteiger partial charge in [0.05, 0.1) is 5.69 Å². The van der Waals surface area contributed by atoms with Gasteiger partial charge in [0.1, 0.15) is 6.10 Å². The first kappa shape index (κ1) is 10.6. The normalized spacial score (nSPS) is 21.0. The average molecular weight is 209 g/mol. The standard InChI is InChI=1S/C11H19N3O/c1-2-14-7-4-9(13-14)10(15)11(8-12)5-3-6-11/h4,7,10,15H,2-3,5-6,8,12H2,1H3/t10-/m0/s1. The zero-order chi connectivity index (χ0) is 10.9. The molecule has 0 radical (unpaired) electrons. The fourth-order valence-electron chi connectivity index (χ4n) is 2.23. The third-order valence-electron chi connectivity index (χ3n) is 3.60. The van der Waals surface area contributed by atoms with Gasteiger partial charge in [-0.2, -0.15) is 5.10 Å². The summed E-state index contributed by atoms with van der Waals surface area (Å²) in [5.41, 5.74) is 6.41. The molecule has 0 saturated heterocycles. The molecule has 1 aliphatic rings. The Hall–Kier alpha value is -0.870.